The lowest BCUT2D eigenvalue weighted by Crippen LogP contribution is -2.66. The van der Waals surface area contributed by atoms with Crippen LogP contribution in [0.5, 0.6) is 0 Å². The van der Waals surface area contributed by atoms with Gasteiger partial charge in [-0.2, -0.15) is 0 Å². The summed E-state index contributed by atoms with van der Waals surface area (Å²) in [6, 6.07) is -3.31. The van der Waals surface area contributed by atoms with E-state index in [-0.39, 0.29) is 26.1 Å². The molecule has 2 aliphatic rings. The van der Waals surface area contributed by atoms with Gasteiger partial charge in [-0.25, -0.2) is 9.86 Å². The van der Waals surface area contributed by atoms with Crippen LogP contribution in [0.2, 0.25) is 0 Å². The lowest BCUT2D eigenvalue weighted by Gasteiger charge is -2.45. The highest BCUT2D eigenvalue weighted by molar-refractivity contribution is 5.73. The van der Waals surface area contributed by atoms with Gasteiger partial charge in [0.1, 0.15) is 18.3 Å². The van der Waals surface area contributed by atoms with Gasteiger partial charge < -0.3 is 52.0 Å². The number of amides is 2. The highest BCUT2D eigenvalue weighted by Crippen LogP contribution is 2.28. The van der Waals surface area contributed by atoms with Crippen LogP contribution in [0.25, 0.3) is 0 Å². The van der Waals surface area contributed by atoms with E-state index >= 15 is 0 Å². The van der Waals surface area contributed by atoms with Crippen molar-refractivity contribution in [2.75, 3.05) is 26.7 Å². The van der Waals surface area contributed by atoms with Crippen molar-refractivity contribution in [1.82, 2.24) is 15.7 Å². The Bertz CT molecular complexity index is 582. The molecule has 8 atom stereocenters. The van der Waals surface area contributed by atoms with Crippen molar-refractivity contribution in [2.24, 2.45) is 11.5 Å². The molecule has 1 saturated carbocycles. The van der Waals surface area contributed by atoms with Crippen molar-refractivity contribution in [3.63, 3.8) is 0 Å². The van der Waals surface area contributed by atoms with E-state index in [2.05, 4.69) is 10.6 Å². The zero-order valence-electron chi connectivity index (χ0n) is 16.1. The van der Waals surface area contributed by atoms with Crippen LogP contribution in [0.3, 0.4) is 0 Å². The summed E-state index contributed by atoms with van der Waals surface area (Å²) >= 11 is 0. The van der Waals surface area contributed by atoms with Gasteiger partial charge in [0, 0.05) is 18.2 Å². The smallest absolute Gasteiger partial charge is 0.341 e. The topological polar surface area (TPSA) is 216 Å². The quantitative estimate of drug-likeness (QED) is 0.115. The number of hydrogen-bond donors (Lipinski definition) is 9. The molecule has 13 heteroatoms. The van der Waals surface area contributed by atoms with Crippen LogP contribution in [0.15, 0.2) is 11.8 Å². The highest BCUT2D eigenvalue weighted by atomic mass is 16.7. The number of nitrogens with two attached hydrogens (primary N) is 2. The summed E-state index contributed by atoms with van der Waals surface area (Å²) in [6.45, 7) is -0.137. The molecule has 168 valence electrons. The number of urea groups is 1. The van der Waals surface area contributed by atoms with E-state index in [9.17, 15) is 30.4 Å². The molecule has 2 rings (SSSR count). The summed E-state index contributed by atoms with van der Waals surface area (Å²) in [7, 11) is 1.58. The molecule has 1 unspecified atom stereocenters. The highest BCUT2D eigenvalue weighted by Gasteiger charge is 2.47. The molecule has 13 nitrogen and oxygen atoms in total. The lowest BCUT2D eigenvalue weighted by atomic mass is 9.84. The van der Waals surface area contributed by atoms with Crippen LogP contribution in [-0.4, -0.2) is 112 Å². The summed E-state index contributed by atoms with van der Waals surface area (Å²) in [4.78, 5) is 12.1. The number of hydrogen-bond acceptors (Lipinski definition) is 11. The molecule has 1 aliphatic carbocycles. The fourth-order valence-electron chi connectivity index (χ4n) is 3.52. The van der Waals surface area contributed by atoms with Crippen LogP contribution in [-0.2, 0) is 9.47 Å². The van der Waals surface area contributed by atoms with Crippen LogP contribution in [0.1, 0.15) is 6.42 Å². The second-order valence-electron chi connectivity index (χ2n) is 7.09. The molecule has 0 aromatic rings. The summed E-state index contributed by atoms with van der Waals surface area (Å²) < 4.78 is 11.2. The lowest BCUT2D eigenvalue weighted by molar-refractivity contribution is -0.260. The molecule has 2 fully saturated rings. The Hall–Kier alpha value is -1.55. The van der Waals surface area contributed by atoms with E-state index in [1.54, 1.807) is 7.05 Å². The van der Waals surface area contributed by atoms with E-state index in [0.717, 1.165) is 6.26 Å². The van der Waals surface area contributed by atoms with E-state index in [1.807, 2.05) is 0 Å². The number of likely N-dealkylation sites (N-methyl/N-ethyl adjacent to an activating group) is 1. The predicted octanol–water partition coefficient (Wildman–Crippen LogP) is -3.70. The van der Waals surface area contributed by atoms with Crippen molar-refractivity contribution in [2.45, 2.75) is 55.3 Å². The second kappa shape index (κ2) is 10.5. The maximum atomic E-state index is 12.1. The molecule has 0 aromatic carbocycles. The first-order chi connectivity index (χ1) is 13.7. The monoisotopic (exact) mass is 421 g/mol. The summed E-state index contributed by atoms with van der Waals surface area (Å²) in [5, 5.41) is 55.7. The zero-order valence-corrected chi connectivity index (χ0v) is 16.1. The Labute approximate surface area is 167 Å². The van der Waals surface area contributed by atoms with Gasteiger partial charge in [-0.15, -0.1) is 0 Å². The Morgan fingerprint density at radius 3 is 2.62 bits per heavy atom. The number of rotatable bonds is 6. The fourth-order valence-corrected chi connectivity index (χ4v) is 3.52. The van der Waals surface area contributed by atoms with Crippen molar-refractivity contribution < 1.29 is 39.9 Å². The van der Waals surface area contributed by atoms with Crippen molar-refractivity contribution in [3.05, 3.63) is 11.8 Å². The molecule has 0 spiro atoms. The molecular formula is C16H31N5O8. The Morgan fingerprint density at radius 1 is 1.34 bits per heavy atom. The van der Waals surface area contributed by atoms with E-state index in [1.165, 1.54) is 0 Å². The number of nitrogens with zero attached hydrogens (tertiary/aromatic N) is 1. The standard InChI is InChI=1S/C16H31N5O8/c1-19-10-7(5-22)6-28-15(12(10)24)29-14-9(4-8(18)11(23)13(14)25)20-16(26)21(27)3-2-17/h5,8-15,19,22-25,27H,2-4,6,17-18H2,1H3,(H,20,26)/b7-5-/t8-,9+,10-,11?,12+,13-,14-,15+/m0/s1. The molecule has 1 saturated heterocycles. The average Bonchev–Trinajstić information content (AvgIpc) is 2.70. The van der Waals surface area contributed by atoms with E-state index < -0.39 is 54.9 Å². The van der Waals surface area contributed by atoms with Gasteiger partial charge in [-0.05, 0) is 13.5 Å². The first kappa shape index (κ1) is 23.7. The minimum atomic E-state index is -1.50. The van der Waals surface area contributed by atoms with E-state index in [4.69, 9.17) is 20.9 Å². The predicted molar refractivity (Wildman–Crippen MR) is 98.7 cm³/mol. The third-order valence-electron chi connectivity index (χ3n) is 5.13. The Morgan fingerprint density at radius 2 is 2.03 bits per heavy atom. The second-order valence-corrected chi connectivity index (χ2v) is 7.09. The largest absolute Gasteiger partial charge is 0.515 e. The number of hydroxylamine groups is 2. The summed E-state index contributed by atoms with van der Waals surface area (Å²) in [6.07, 6.45) is -5.65. The minimum Gasteiger partial charge on any atom is -0.515 e. The molecule has 0 radical (unpaired) electrons. The molecule has 29 heavy (non-hydrogen) atoms. The van der Waals surface area contributed by atoms with Crippen molar-refractivity contribution >= 4 is 6.03 Å². The maximum absolute atomic E-state index is 12.1. The number of aliphatic hydroxyl groups excluding tert-OH is 4. The van der Waals surface area contributed by atoms with E-state index in [0.29, 0.717) is 10.6 Å². The number of carbonyl (C=O) groups excluding carboxylic acids is 1. The van der Waals surface area contributed by atoms with Gasteiger partial charge in [0.15, 0.2) is 6.29 Å². The molecule has 0 bridgehead atoms. The minimum absolute atomic E-state index is 0.0313. The first-order valence-electron chi connectivity index (χ1n) is 9.29. The molecule has 1 heterocycles. The zero-order chi connectivity index (χ0) is 21.7. The summed E-state index contributed by atoms with van der Waals surface area (Å²) in [5.41, 5.74) is 11.5. The first-order valence-corrected chi connectivity index (χ1v) is 9.29. The molecular weight excluding hydrogens is 390 g/mol. The summed E-state index contributed by atoms with van der Waals surface area (Å²) in [5.74, 6) is 0. The number of carbonyl (C=O) groups is 1. The van der Waals surface area contributed by atoms with Gasteiger partial charge in [0.2, 0.25) is 0 Å². The maximum Gasteiger partial charge on any atom is 0.341 e. The van der Waals surface area contributed by atoms with Crippen LogP contribution >= 0.6 is 0 Å². The average molecular weight is 421 g/mol. The normalized spacial score (nSPS) is 39.3. The van der Waals surface area contributed by atoms with Gasteiger partial charge in [0.05, 0.1) is 37.6 Å². The number of aliphatic hydroxyl groups is 4. The van der Waals surface area contributed by atoms with Gasteiger partial charge in [-0.1, -0.05) is 0 Å². The van der Waals surface area contributed by atoms with Gasteiger partial charge >= 0.3 is 6.03 Å². The Balaban J connectivity index is 2.15. The van der Waals surface area contributed by atoms with Crippen LogP contribution in [0, 0.1) is 0 Å². The van der Waals surface area contributed by atoms with Gasteiger partial charge in [-0.3, -0.25) is 5.21 Å². The fraction of sp³-hybridized carbons (Fsp3) is 0.812. The van der Waals surface area contributed by atoms with Crippen molar-refractivity contribution in [3.8, 4) is 0 Å². The third kappa shape index (κ3) is 5.33. The Kier molecular flexibility index (Phi) is 8.57. The van der Waals surface area contributed by atoms with Crippen molar-refractivity contribution in [1.29, 1.82) is 0 Å². The molecule has 2 amide bonds. The molecule has 1 aliphatic heterocycles. The van der Waals surface area contributed by atoms with Crippen LogP contribution in [0.4, 0.5) is 4.79 Å². The SMILES string of the molecule is CN[C@H]1/C(=C\O)CO[C@H](O[C@H]2[C@H](NC(=O)N(O)CCN)C[C@H](N)C(O)[C@@H]2O)[C@@H]1O. The van der Waals surface area contributed by atoms with Crippen LogP contribution < -0.4 is 22.1 Å². The third-order valence-corrected chi connectivity index (χ3v) is 5.13. The number of ether oxygens (including phenoxy) is 2. The number of nitrogens with one attached hydrogen (secondary N) is 2. The van der Waals surface area contributed by atoms with Gasteiger partial charge in [0.25, 0.3) is 0 Å². The molecule has 0 aromatic heterocycles. The molecule has 11 N–H and O–H groups in total.